The van der Waals surface area contributed by atoms with Crippen LogP contribution < -0.4 is 9.47 Å². The minimum absolute atomic E-state index is 0.0438. The van der Waals surface area contributed by atoms with Crippen LogP contribution in [0.2, 0.25) is 0 Å². The van der Waals surface area contributed by atoms with E-state index in [1.165, 1.54) is 50.6 Å². The van der Waals surface area contributed by atoms with Gasteiger partial charge in [0, 0.05) is 23.8 Å². The summed E-state index contributed by atoms with van der Waals surface area (Å²) in [6.07, 6.45) is 0.969. The molecule has 0 aliphatic heterocycles. The second-order valence-corrected chi connectivity index (χ2v) is 4.66. The number of aromatic hydroxyl groups is 2. The lowest BCUT2D eigenvalue weighted by Crippen LogP contribution is -2.02. The summed E-state index contributed by atoms with van der Waals surface area (Å²) >= 11 is 0. The van der Waals surface area contributed by atoms with Crippen LogP contribution in [0.5, 0.6) is 23.0 Å². The first-order chi connectivity index (χ1) is 11.0. The van der Waals surface area contributed by atoms with Gasteiger partial charge in [-0.15, -0.1) is 0 Å². The van der Waals surface area contributed by atoms with Crippen molar-refractivity contribution >= 4 is 11.5 Å². The third-order valence-electron chi connectivity index (χ3n) is 3.19. The van der Waals surface area contributed by atoms with Crippen molar-refractivity contribution in [3.8, 4) is 23.0 Å². The van der Waals surface area contributed by atoms with Crippen molar-refractivity contribution in [1.82, 2.24) is 0 Å². The molecule has 0 atom stereocenters. The Morgan fingerprint density at radius 3 is 2.26 bits per heavy atom. The Morgan fingerprint density at radius 2 is 1.70 bits per heavy atom. The summed E-state index contributed by atoms with van der Waals surface area (Å²) in [4.78, 5) is 12.3. The van der Waals surface area contributed by atoms with Gasteiger partial charge in [0.15, 0.2) is 5.78 Å². The van der Waals surface area contributed by atoms with Crippen LogP contribution in [0.3, 0.4) is 0 Å². The molecule has 0 fully saturated rings. The van der Waals surface area contributed by atoms with Crippen LogP contribution in [0, 0.1) is 0 Å². The van der Waals surface area contributed by atoms with Crippen molar-refractivity contribution in [2.24, 2.45) is 0 Å². The molecule has 2 rings (SSSR count). The minimum Gasteiger partial charge on any atom is -0.508 e. The highest BCUT2D eigenvalue weighted by Crippen LogP contribution is 2.34. The van der Waals surface area contributed by atoms with Crippen molar-refractivity contribution in [1.29, 1.82) is 0 Å². The van der Waals surface area contributed by atoms with Gasteiger partial charge in [0.25, 0.3) is 0 Å². The molecular weight excluding hydrogens is 300 g/mol. The Bertz CT molecular complexity index is 746. The van der Waals surface area contributed by atoms with Gasteiger partial charge in [-0.1, -0.05) is 0 Å². The molecule has 2 aromatic rings. The lowest BCUT2D eigenvalue weighted by molar-refractivity contribution is 0.104. The van der Waals surface area contributed by atoms with Crippen molar-refractivity contribution < 1.29 is 29.6 Å². The van der Waals surface area contributed by atoms with Crippen LogP contribution in [0.25, 0.3) is 5.76 Å². The second-order valence-electron chi connectivity index (χ2n) is 4.66. The van der Waals surface area contributed by atoms with Gasteiger partial charge < -0.3 is 24.8 Å². The number of carbonyl (C=O) groups excluding carboxylic acids is 1. The molecule has 0 heterocycles. The first kappa shape index (κ1) is 16.2. The maximum Gasteiger partial charge on any atom is 0.197 e. The Balaban J connectivity index is 2.40. The zero-order valence-electron chi connectivity index (χ0n) is 12.6. The standard InChI is InChI=1S/C17H16O6/c1-22-12-7-14(20)17(16(8-12)23-2)15(21)9-13(19)10-3-5-11(18)6-4-10/h3-9,18-20H,1-2H3/b13-9-. The largest absolute Gasteiger partial charge is 0.508 e. The summed E-state index contributed by atoms with van der Waals surface area (Å²) in [6.45, 7) is 0. The number of aliphatic hydroxyl groups excluding tert-OH is 1. The Labute approximate surface area is 132 Å². The smallest absolute Gasteiger partial charge is 0.197 e. The van der Waals surface area contributed by atoms with Gasteiger partial charge in [0.1, 0.15) is 34.3 Å². The van der Waals surface area contributed by atoms with E-state index in [4.69, 9.17) is 9.47 Å². The average Bonchev–Trinajstić information content (AvgIpc) is 2.54. The first-order valence-corrected chi connectivity index (χ1v) is 6.65. The van der Waals surface area contributed by atoms with Gasteiger partial charge in [0.2, 0.25) is 0 Å². The normalized spacial score (nSPS) is 11.1. The van der Waals surface area contributed by atoms with Gasteiger partial charge in [-0.3, -0.25) is 4.79 Å². The van der Waals surface area contributed by atoms with E-state index in [0.29, 0.717) is 11.3 Å². The van der Waals surface area contributed by atoms with Crippen LogP contribution in [0.4, 0.5) is 0 Å². The zero-order chi connectivity index (χ0) is 17.0. The van der Waals surface area contributed by atoms with E-state index in [0.717, 1.165) is 6.08 Å². The lowest BCUT2D eigenvalue weighted by atomic mass is 10.1. The van der Waals surface area contributed by atoms with E-state index >= 15 is 0 Å². The molecular formula is C17H16O6. The predicted molar refractivity (Wildman–Crippen MR) is 84.3 cm³/mol. The molecule has 6 nitrogen and oxygen atoms in total. The Kier molecular flexibility index (Phi) is 4.75. The summed E-state index contributed by atoms with van der Waals surface area (Å²) in [7, 11) is 2.78. The fourth-order valence-electron chi connectivity index (χ4n) is 2.01. The van der Waals surface area contributed by atoms with Crippen molar-refractivity contribution in [2.75, 3.05) is 14.2 Å². The maximum absolute atomic E-state index is 12.3. The third-order valence-corrected chi connectivity index (χ3v) is 3.19. The molecule has 0 spiro atoms. The molecule has 0 bridgehead atoms. The molecule has 23 heavy (non-hydrogen) atoms. The number of ketones is 1. The van der Waals surface area contributed by atoms with Gasteiger partial charge in [0.05, 0.1) is 14.2 Å². The number of methoxy groups -OCH3 is 2. The van der Waals surface area contributed by atoms with Crippen LogP contribution in [0.15, 0.2) is 42.5 Å². The topological polar surface area (TPSA) is 96.2 Å². The van der Waals surface area contributed by atoms with Crippen molar-refractivity contribution in [3.63, 3.8) is 0 Å². The van der Waals surface area contributed by atoms with Crippen molar-refractivity contribution in [2.45, 2.75) is 0 Å². The minimum atomic E-state index is -0.632. The number of allylic oxidation sites excluding steroid dienone is 1. The number of ether oxygens (including phenoxy) is 2. The molecule has 0 aliphatic rings. The van der Waals surface area contributed by atoms with Crippen LogP contribution in [-0.2, 0) is 0 Å². The number of aliphatic hydroxyl groups is 1. The summed E-state index contributed by atoms with van der Waals surface area (Å²) in [5, 5.41) is 29.2. The van der Waals surface area contributed by atoms with Crippen molar-refractivity contribution in [3.05, 3.63) is 53.6 Å². The number of benzene rings is 2. The third kappa shape index (κ3) is 3.55. The number of rotatable bonds is 5. The second kappa shape index (κ2) is 6.74. The number of hydrogen-bond acceptors (Lipinski definition) is 6. The molecule has 0 saturated carbocycles. The van der Waals surface area contributed by atoms with E-state index in [9.17, 15) is 20.1 Å². The highest BCUT2D eigenvalue weighted by Gasteiger charge is 2.18. The van der Waals surface area contributed by atoms with Gasteiger partial charge in [-0.05, 0) is 24.3 Å². The van der Waals surface area contributed by atoms with Gasteiger partial charge in [-0.2, -0.15) is 0 Å². The van der Waals surface area contributed by atoms with E-state index in [-0.39, 0.29) is 28.6 Å². The highest BCUT2D eigenvalue weighted by atomic mass is 16.5. The zero-order valence-corrected chi connectivity index (χ0v) is 12.6. The lowest BCUT2D eigenvalue weighted by Gasteiger charge is -2.10. The predicted octanol–water partition coefficient (Wildman–Crippen LogP) is 2.90. The summed E-state index contributed by atoms with van der Waals surface area (Å²) in [5.41, 5.74) is 0.266. The molecule has 6 heteroatoms. The highest BCUT2D eigenvalue weighted by molar-refractivity contribution is 6.11. The van der Waals surface area contributed by atoms with Crippen LogP contribution in [-0.4, -0.2) is 35.3 Å². The van der Waals surface area contributed by atoms with E-state index in [1.807, 2.05) is 0 Å². The van der Waals surface area contributed by atoms with Crippen LogP contribution in [0.1, 0.15) is 15.9 Å². The summed E-state index contributed by atoms with van der Waals surface area (Å²) in [5.74, 6) is -0.743. The average molecular weight is 316 g/mol. The number of carbonyl (C=O) groups is 1. The van der Waals surface area contributed by atoms with E-state index < -0.39 is 5.78 Å². The molecule has 0 aliphatic carbocycles. The maximum atomic E-state index is 12.3. The van der Waals surface area contributed by atoms with Gasteiger partial charge in [-0.25, -0.2) is 0 Å². The summed E-state index contributed by atoms with van der Waals surface area (Å²) in [6, 6.07) is 8.42. The van der Waals surface area contributed by atoms with Crippen LogP contribution >= 0.6 is 0 Å². The molecule has 0 radical (unpaired) electrons. The first-order valence-electron chi connectivity index (χ1n) is 6.65. The summed E-state index contributed by atoms with van der Waals surface area (Å²) < 4.78 is 10.1. The Morgan fingerprint density at radius 1 is 1.04 bits per heavy atom. The van der Waals surface area contributed by atoms with Gasteiger partial charge >= 0.3 is 0 Å². The monoisotopic (exact) mass is 316 g/mol. The quantitative estimate of drug-likeness (QED) is 0.446. The van der Waals surface area contributed by atoms with E-state index in [2.05, 4.69) is 0 Å². The molecule has 120 valence electrons. The van der Waals surface area contributed by atoms with E-state index in [1.54, 1.807) is 0 Å². The number of hydrogen-bond donors (Lipinski definition) is 3. The Hall–Kier alpha value is -3.15. The molecule has 0 saturated heterocycles. The molecule has 0 aromatic heterocycles. The molecule has 2 aromatic carbocycles. The SMILES string of the molecule is COc1cc(O)c(C(=O)/C=C(\O)c2ccc(O)cc2)c(OC)c1. The molecule has 0 amide bonds. The molecule has 0 unspecified atom stereocenters. The fourth-order valence-corrected chi connectivity index (χ4v) is 2.01. The number of phenols is 2. The fraction of sp³-hybridized carbons (Fsp3) is 0.118. The molecule has 3 N–H and O–H groups in total. The number of phenolic OH excluding ortho intramolecular Hbond substituents is 2.